The second kappa shape index (κ2) is 14.7. The summed E-state index contributed by atoms with van der Waals surface area (Å²) in [6.07, 6.45) is 1.48. The van der Waals surface area contributed by atoms with Gasteiger partial charge in [0.2, 0.25) is 11.8 Å². The normalized spacial score (nSPS) is 13.2. The molecule has 2 atom stereocenters. The molecule has 0 bridgehead atoms. The molecule has 9 heteroatoms. The van der Waals surface area contributed by atoms with Gasteiger partial charge in [-0.1, -0.05) is 51.6 Å². The van der Waals surface area contributed by atoms with Gasteiger partial charge in [-0.05, 0) is 71.1 Å². The fourth-order valence-electron chi connectivity index (χ4n) is 3.93. The largest absolute Gasteiger partial charge is 0.466 e. The van der Waals surface area contributed by atoms with Crippen LogP contribution >= 0.6 is 0 Å². The van der Waals surface area contributed by atoms with E-state index in [-0.39, 0.29) is 25.5 Å². The topological polar surface area (TPSA) is 114 Å². The first kappa shape index (κ1) is 33.7. The van der Waals surface area contributed by atoms with Crippen LogP contribution in [0.2, 0.25) is 0 Å². The van der Waals surface area contributed by atoms with Gasteiger partial charge in [-0.25, -0.2) is 4.79 Å². The van der Waals surface area contributed by atoms with Crippen molar-refractivity contribution in [2.24, 2.45) is 5.92 Å². The molecular formula is C30H47N3O6. The molecule has 0 saturated heterocycles. The molecule has 0 spiro atoms. The number of benzene rings is 1. The minimum atomic E-state index is -1.05. The summed E-state index contributed by atoms with van der Waals surface area (Å²) in [7, 11) is 0. The standard InChI is InChI=1S/C30H47N3O6/c1-11-21-15-14-16-22(19-21)25(26(35)31-18-17-23(34)38-13-3)33(30(9,10)12-2)27(36)24(20(4)5)32-28(37)39-29(6,7)8/h11,14-16,19-20,24-25H,1,12-13,17-18H2,2-10H3,(H,31,35)(H,32,37). The number of esters is 1. The van der Waals surface area contributed by atoms with Crippen molar-refractivity contribution in [3.8, 4) is 0 Å². The number of hydrogen-bond donors (Lipinski definition) is 2. The van der Waals surface area contributed by atoms with Crippen molar-refractivity contribution in [1.29, 1.82) is 0 Å². The Morgan fingerprint density at radius 1 is 1.08 bits per heavy atom. The second-order valence-electron chi connectivity index (χ2n) is 11.4. The number of amides is 3. The molecule has 2 unspecified atom stereocenters. The van der Waals surface area contributed by atoms with Crippen molar-refractivity contribution in [2.45, 2.75) is 98.4 Å². The average Bonchev–Trinajstić information content (AvgIpc) is 2.84. The summed E-state index contributed by atoms with van der Waals surface area (Å²) >= 11 is 0. The molecule has 0 heterocycles. The number of rotatable bonds is 13. The Labute approximate surface area is 233 Å². The molecule has 0 aromatic heterocycles. The van der Waals surface area contributed by atoms with Crippen LogP contribution in [0, 0.1) is 5.92 Å². The first-order valence-electron chi connectivity index (χ1n) is 13.6. The molecular weight excluding hydrogens is 498 g/mol. The van der Waals surface area contributed by atoms with E-state index < -0.39 is 47.1 Å². The van der Waals surface area contributed by atoms with Crippen LogP contribution in [0.4, 0.5) is 4.79 Å². The van der Waals surface area contributed by atoms with Gasteiger partial charge in [0.05, 0.1) is 13.0 Å². The minimum absolute atomic E-state index is 0.00106. The first-order chi connectivity index (χ1) is 18.1. The van der Waals surface area contributed by atoms with Gasteiger partial charge in [-0.3, -0.25) is 14.4 Å². The number of nitrogens with one attached hydrogen (secondary N) is 2. The van der Waals surface area contributed by atoms with Gasteiger partial charge in [0.15, 0.2) is 0 Å². The van der Waals surface area contributed by atoms with Crippen LogP contribution in [0.1, 0.15) is 92.3 Å². The maximum Gasteiger partial charge on any atom is 0.408 e. The van der Waals surface area contributed by atoms with Crippen LogP contribution in [0.15, 0.2) is 30.8 Å². The molecule has 1 aromatic carbocycles. The Balaban J connectivity index is 3.59. The van der Waals surface area contributed by atoms with Gasteiger partial charge in [0.1, 0.15) is 17.7 Å². The molecule has 9 nitrogen and oxygen atoms in total. The third-order valence-corrected chi connectivity index (χ3v) is 6.26. The van der Waals surface area contributed by atoms with E-state index in [0.29, 0.717) is 12.0 Å². The van der Waals surface area contributed by atoms with E-state index in [1.165, 1.54) is 4.90 Å². The summed E-state index contributed by atoms with van der Waals surface area (Å²) in [6.45, 7) is 20.4. The van der Waals surface area contributed by atoms with Crippen LogP contribution in [0.3, 0.4) is 0 Å². The summed E-state index contributed by atoms with van der Waals surface area (Å²) in [6, 6.07) is 5.23. The van der Waals surface area contributed by atoms with Gasteiger partial charge in [-0.2, -0.15) is 0 Å². The third-order valence-electron chi connectivity index (χ3n) is 6.26. The summed E-state index contributed by atoms with van der Waals surface area (Å²) in [5, 5.41) is 5.54. The predicted octanol–water partition coefficient (Wildman–Crippen LogP) is 5.01. The maximum atomic E-state index is 14.3. The summed E-state index contributed by atoms with van der Waals surface area (Å²) in [5.41, 5.74) is -0.169. The molecule has 2 N–H and O–H groups in total. The van der Waals surface area contributed by atoms with Crippen molar-refractivity contribution in [3.63, 3.8) is 0 Å². The second-order valence-corrected chi connectivity index (χ2v) is 11.4. The van der Waals surface area contributed by atoms with Crippen LogP contribution < -0.4 is 10.6 Å². The highest BCUT2D eigenvalue weighted by Gasteiger charge is 2.43. The number of hydrogen-bond acceptors (Lipinski definition) is 6. The lowest BCUT2D eigenvalue weighted by molar-refractivity contribution is -0.150. The first-order valence-corrected chi connectivity index (χ1v) is 13.6. The minimum Gasteiger partial charge on any atom is -0.466 e. The highest BCUT2D eigenvalue weighted by Crippen LogP contribution is 2.33. The van der Waals surface area contributed by atoms with E-state index in [2.05, 4.69) is 17.2 Å². The Morgan fingerprint density at radius 2 is 1.72 bits per heavy atom. The van der Waals surface area contributed by atoms with Crippen molar-refractivity contribution < 1.29 is 28.7 Å². The molecule has 0 aliphatic rings. The fraction of sp³-hybridized carbons (Fsp3) is 0.600. The number of nitrogens with zero attached hydrogens (tertiary/aromatic N) is 1. The maximum absolute atomic E-state index is 14.3. The molecule has 218 valence electrons. The Morgan fingerprint density at radius 3 is 2.23 bits per heavy atom. The molecule has 1 rings (SSSR count). The molecule has 0 aliphatic heterocycles. The molecule has 0 saturated carbocycles. The van der Waals surface area contributed by atoms with Crippen LogP contribution in [0.25, 0.3) is 6.08 Å². The van der Waals surface area contributed by atoms with Gasteiger partial charge in [0, 0.05) is 12.1 Å². The van der Waals surface area contributed by atoms with Crippen molar-refractivity contribution in [3.05, 3.63) is 42.0 Å². The number of carbonyl (C=O) groups is 4. The van der Waals surface area contributed by atoms with Crippen LogP contribution in [0.5, 0.6) is 0 Å². The van der Waals surface area contributed by atoms with Crippen LogP contribution in [-0.2, 0) is 23.9 Å². The Bertz CT molecular complexity index is 1010. The van der Waals surface area contributed by atoms with E-state index in [0.717, 1.165) is 5.56 Å². The van der Waals surface area contributed by atoms with Gasteiger partial charge < -0.3 is 25.0 Å². The number of ether oxygens (including phenoxy) is 2. The third kappa shape index (κ3) is 10.4. The number of carbonyl (C=O) groups excluding carboxylic acids is 4. The average molecular weight is 546 g/mol. The zero-order valence-electron chi connectivity index (χ0n) is 25.1. The molecule has 39 heavy (non-hydrogen) atoms. The molecule has 0 radical (unpaired) electrons. The summed E-state index contributed by atoms with van der Waals surface area (Å²) in [5.74, 6) is -1.59. The fourth-order valence-corrected chi connectivity index (χ4v) is 3.93. The highest BCUT2D eigenvalue weighted by molar-refractivity contribution is 5.93. The van der Waals surface area contributed by atoms with E-state index >= 15 is 0 Å². The van der Waals surface area contributed by atoms with Crippen molar-refractivity contribution >= 4 is 30.0 Å². The van der Waals surface area contributed by atoms with Crippen molar-refractivity contribution in [2.75, 3.05) is 13.2 Å². The summed E-state index contributed by atoms with van der Waals surface area (Å²) in [4.78, 5) is 54.2. The van der Waals surface area contributed by atoms with Gasteiger partial charge >= 0.3 is 12.1 Å². The summed E-state index contributed by atoms with van der Waals surface area (Å²) < 4.78 is 10.4. The Kier molecular flexibility index (Phi) is 12.7. The van der Waals surface area contributed by atoms with Crippen molar-refractivity contribution in [1.82, 2.24) is 15.5 Å². The molecule has 0 fully saturated rings. The lowest BCUT2D eigenvalue weighted by Gasteiger charge is -2.45. The lowest BCUT2D eigenvalue weighted by atomic mass is 9.90. The quantitative estimate of drug-likeness (QED) is 0.337. The molecule has 0 aliphatic carbocycles. The number of alkyl carbamates (subject to hydrolysis) is 1. The van der Waals surface area contributed by atoms with E-state index in [1.807, 2.05) is 40.7 Å². The van der Waals surface area contributed by atoms with E-state index in [4.69, 9.17) is 9.47 Å². The van der Waals surface area contributed by atoms with Gasteiger partial charge in [0.25, 0.3) is 0 Å². The lowest BCUT2D eigenvalue weighted by Crippen LogP contribution is -2.60. The highest BCUT2D eigenvalue weighted by atomic mass is 16.6. The van der Waals surface area contributed by atoms with E-state index in [9.17, 15) is 19.2 Å². The zero-order chi connectivity index (χ0) is 30.0. The van der Waals surface area contributed by atoms with Crippen LogP contribution in [-0.4, -0.2) is 59.1 Å². The predicted molar refractivity (Wildman–Crippen MR) is 153 cm³/mol. The molecule has 3 amide bonds. The smallest absolute Gasteiger partial charge is 0.408 e. The SMILES string of the molecule is C=Cc1cccc(C(C(=O)NCCC(=O)OCC)N(C(=O)C(NC(=O)OC(C)(C)C)C(C)C)C(C)(C)CC)c1. The van der Waals surface area contributed by atoms with Gasteiger partial charge in [-0.15, -0.1) is 0 Å². The van der Waals surface area contributed by atoms with E-state index in [1.54, 1.807) is 52.0 Å². The monoisotopic (exact) mass is 545 g/mol. The zero-order valence-corrected chi connectivity index (χ0v) is 25.1. The Hall–Kier alpha value is -3.36. The molecule has 1 aromatic rings.